The molecule has 0 bridgehead atoms. The predicted octanol–water partition coefficient (Wildman–Crippen LogP) is 3.47. The number of hydrogen-bond donors (Lipinski definition) is 1. The van der Waals surface area contributed by atoms with Gasteiger partial charge in [0.25, 0.3) is 0 Å². The molecule has 3 aromatic rings. The van der Waals surface area contributed by atoms with E-state index in [4.69, 9.17) is 0 Å². The van der Waals surface area contributed by atoms with Gasteiger partial charge in [-0.05, 0) is 36.0 Å². The van der Waals surface area contributed by atoms with Crippen LogP contribution in [0.4, 0.5) is 0 Å². The number of piperidine rings is 1. The molecule has 29 heavy (non-hydrogen) atoms. The number of nitrogens with zero attached hydrogens (tertiary/aromatic N) is 5. The fraction of sp³-hybridized carbons (Fsp3) is 0.348. The van der Waals surface area contributed by atoms with Crippen LogP contribution in [0.25, 0.3) is 5.69 Å². The van der Waals surface area contributed by atoms with E-state index < -0.39 is 0 Å². The first-order valence-corrected chi connectivity index (χ1v) is 10.2. The molecule has 0 saturated carbocycles. The second kappa shape index (κ2) is 8.90. The van der Waals surface area contributed by atoms with Gasteiger partial charge >= 0.3 is 0 Å². The van der Waals surface area contributed by atoms with Crippen LogP contribution in [0.15, 0.2) is 72.0 Å². The van der Waals surface area contributed by atoms with Crippen LogP contribution in [0.1, 0.15) is 30.7 Å². The van der Waals surface area contributed by atoms with Crippen LogP contribution in [0.5, 0.6) is 0 Å². The Morgan fingerprint density at radius 1 is 1.10 bits per heavy atom. The van der Waals surface area contributed by atoms with Crippen LogP contribution in [0.2, 0.25) is 0 Å². The molecule has 2 atom stereocenters. The lowest BCUT2D eigenvalue weighted by molar-refractivity contribution is 0.234. The van der Waals surface area contributed by atoms with E-state index >= 15 is 0 Å². The Kier molecular flexibility index (Phi) is 5.89. The normalized spacial score (nSPS) is 19.9. The van der Waals surface area contributed by atoms with Crippen LogP contribution >= 0.6 is 0 Å². The van der Waals surface area contributed by atoms with E-state index in [0.29, 0.717) is 18.4 Å². The molecule has 1 saturated heterocycles. The van der Waals surface area contributed by atoms with Gasteiger partial charge in [0.15, 0.2) is 11.8 Å². The van der Waals surface area contributed by atoms with E-state index in [0.717, 1.165) is 37.0 Å². The van der Waals surface area contributed by atoms with Gasteiger partial charge in [-0.25, -0.2) is 0 Å². The fourth-order valence-corrected chi connectivity index (χ4v) is 4.21. The molecule has 6 heteroatoms. The highest BCUT2D eigenvalue weighted by atomic mass is 15.3. The third kappa shape index (κ3) is 4.31. The summed E-state index contributed by atoms with van der Waals surface area (Å²) >= 11 is 0. The number of nitrogens with one attached hydrogen (secondary N) is 1. The average molecular weight is 389 g/mol. The van der Waals surface area contributed by atoms with E-state index in [1.54, 1.807) is 6.33 Å². The van der Waals surface area contributed by atoms with Crippen molar-refractivity contribution in [2.45, 2.75) is 25.8 Å². The minimum atomic E-state index is 0.567. The van der Waals surface area contributed by atoms with Crippen molar-refractivity contribution in [2.75, 3.05) is 20.1 Å². The summed E-state index contributed by atoms with van der Waals surface area (Å²) in [6.07, 6.45) is 2.88. The van der Waals surface area contributed by atoms with Crippen molar-refractivity contribution in [3.8, 4) is 5.69 Å². The lowest BCUT2D eigenvalue weighted by Gasteiger charge is -2.38. The van der Waals surface area contributed by atoms with Crippen LogP contribution in [0, 0.1) is 5.92 Å². The van der Waals surface area contributed by atoms with Gasteiger partial charge in [-0.1, -0.05) is 55.5 Å². The van der Waals surface area contributed by atoms with E-state index in [1.165, 1.54) is 5.56 Å². The summed E-state index contributed by atoms with van der Waals surface area (Å²) in [7, 11) is 1.85. The van der Waals surface area contributed by atoms with Gasteiger partial charge in [-0.15, -0.1) is 10.2 Å². The molecule has 1 aliphatic heterocycles. The minimum absolute atomic E-state index is 0.567. The first kappa shape index (κ1) is 19.2. The molecule has 2 aromatic carbocycles. The highest BCUT2D eigenvalue weighted by molar-refractivity contribution is 5.80. The minimum Gasteiger partial charge on any atom is -0.349 e. The Labute approximate surface area is 172 Å². The number of aliphatic imine (C=N–C) groups is 1. The third-order valence-corrected chi connectivity index (χ3v) is 5.70. The number of aromatic nitrogens is 3. The molecule has 6 nitrogen and oxygen atoms in total. The standard InChI is InChI=1S/C23H28N6/c1-18-16-28(14-13-21(18)19-9-5-3-6-10-19)23(24-2)25-15-22-27-26-17-29(22)20-11-7-4-8-12-20/h3-12,17-18,21H,13-16H2,1-2H3,(H,24,25). The van der Waals surface area contributed by atoms with Crippen molar-refractivity contribution < 1.29 is 0 Å². The van der Waals surface area contributed by atoms with Gasteiger partial charge in [0.1, 0.15) is 6.33 Å². The van der Waals surface area contributed by atoms with E-state index in [1.807, 2.05) is 29.8 Å². The molecule has 150 valence electrons. The lowest BCUT2D eigenvalue weighted by atomic mass is 9.82. The van der Waals surface area contributed by atoms with Crippen molar-refractivity contribution in [1.29, 1.82) is 0 Å². The molecule has 1 aliphatic rings. The summed E-state index contributed by atoms with van der Waals surface area (Å²) in [5, 5.41) is 11.9. The number of para-hydroxylation sites is 1. The largest absolute Gasteiger partial charge is 0.349 e. The Morgan fingerprint density at radius 2 is 1.83 bits per heavy atom. The van der Waals surface area contributed by atoms with Gasteiger partial charge in [-0.3, -0.25) is 9.56 Å². The molecule has 1 fully saturated rings. The number of guanidine groups is 1. The molecular formula is C23H28N6. The van der Waals surface area contributed by atoms with Crippen molar-refractivity contribution in [3.05, 3.63) is 78.4 Å². The van der Waals surface area contributed by atoms with Gasteiger partial charge in [0.05, 0.1) is 6.54 Å². The molecule has 1 aromatic heterocycles. The van der Waals surface area contributed by atoms with Crippen LogP contribution in [-0.4, -0.2) is 45.8 Å². The van der Waals surface area contributed by atoms with Gasteiger partial charge in [-0.2, -0.15) is 0 Å². The molecule has 2 heterocycles. The van der Waals surface area contributed by atoms with Crippen molar-refractivity contribution in [1.82, 2.24) is 25.0 Å². The molecule has 2 unspecified atom stereocenters. The van der Waals surface area contributed by atoms with E-state index in [9.17, 15) is 0 Å². The monoisotopic (exact) mass is 388 g/mol. The summed E-state index contributed by atoms with van der Waals surface area (Å²) < 4.78 is 2.00. The van der Waals surface area contributed by atoms with Gasteiger partial charge in [0.2, 0.25) is 0 Å². The molecule has 4 rings (SSSR count). The zero-order valence-electron chi connectivity index (χ0n) is 17.1. The Balaban J connectivity index is 1.40. The van der Waals surface area contributed by atoms with Gasteiger partial charge < -0.3 is 10.2 Å². The predicted molar refractivity (Wildman–Crippen MR) is 116 cm³/mol. The molecule has 0 spiro atoms. The second-order valence-electron chi connectivity index (χ2n) is 7.58. The van der Waals surface area contributed by atoms with Gasteiger partial charge in [0, 0.05) is 25.8 Å². The van der Waals surface area contributed by atoms with E-state index in [-0.39, 0.29) is 0 Å². The number of likely N-dealkylation sites (tertiary alicyclic amines) is 1. The maximum atomic E-state index is 4.52. The maximum absolute atomic E-state index is 4.52. The van der Waals surface area contributed by atoms with Crippen molar-refractivity contribution in [3.63, 3.8) is 0 Å². The average Bonchev–Trinajstić information content (AvgIpc) is 3.24. The van der Waals surface area contributed by atoms with Crippen molar-refractivity contribution in [2.24, 2.45) is 10.9 Å². The van der Waals surface area contributed by atoms with E-state index in [2.05, 4.69) is 74.8 Å². The maximum Gasteiger partial charge on any atom is 0.194 e. The SMILES string of the molecule is CN=C(NCc1nncn1-c1ccccc1)N1CCC(c2ccccc2)C(C)C1. The summed E-state index contributed by atoms with van der Waals surface area (Å²) in [6.45, 7) is 4.90. The second-order valence-corrected chi connectivity index (χ2v) is 7.58. The molecule has 0 amide bonds. The zero-order valence-corrected chi connectivity index (χ0v) is 17.1. The molecule has 0 radical (unpaired) electrons. The topological polar surface area (TPSA) is 58.3 Å². The Morgan fingerprint density at radius 3 is 2.52 bits per heavy atom. The summed E-state index contributed by atoms with van der Waals surface area (Å²) in [5.41, 5.74) is 2.50. The highest BCUT2D eigenvalue weighted by Crippen LogP contribution is 2.32. The highest BCUT2D eigenvalue weighted by Gasteiger charge is 2.28. The molecular weight excluding hydrogens is 360 g/mol. The molecule has 1 N–H and O–H groups in total. The fourth-order valence-electron chi connectivity index (χ4n) is 4.21. The summed E-state index contributed by atoms with van der Waals surface area (Å²) in [4.78, 5) is 6.87. The van der Waals surface area contributed by atoms with Crippen LogP contribution in [0.3, 0.4) is 0 Å². The summed E-state index contributed by atoms with van der Waals surface area (Å²) in [5.74, 6) is 2.96. The quantitative estimate of drug-likeness (QED) is 0.549. The van der Waals surface area contributed by atoms with Crippen LogP contribution in [-0.2, 0) is 6.54 Å². The van der Waals surface area contributed by atoms with Crippen molar-refractivity contribution >= 4 is 5.96 Å². The lowest BCUT2D eigenvalue weighted by Crippen LogP contribution is -2.47. The number of rotatable bonds is 4. The first-order valence-electron chi connectivity index (χ1n) is 10.2. The first-order chi connectivity index (χ1) is 14.3. The third-order valence-electron chi connectivity index (χ3n) is 5.70. The zero-order chi connectivity index (χ0) is 20.1. The Bertz CT molecular complexity index is 934. The number of hydrogen-bond acceptors (Lipinski definition) is 3. The summed E-state index contributed by atoms with van der Waals surface area (Å²) in [6, 6.07) is 21.0. The Hall–Kier alpha value is -3.15. The molecule has 0 aliphatic carbocycles. The number of benzene rings is 2. The smallest absolute Gasteiger partial charge is 0.194 e. The van der Waals surface area contributed by atoms with Crippen LogP contribution < -0.4 is 5.32 Å².